The van der Waals surface area contributed by atoms with Crippen molar-refractivity contribution in [3.05, 3.63) is 42.0 Å². The van der Waals surface area contributed by atoms with E-state index in [1.807, 2.05) is 32.0 Å². The van der Waals surface area contributed by atoms with Crippen LogP contribution in [0, 0.1) is 5.92 Å². The fraction of sp³-hybridized carbons (Fsp3) is 0.286. The second-order valence-electron chi connectivity index (χ2n) is 4.85. The monoisotopic (exact) mass is 264 g/mol. The zero-order chi connectivity index (χ0) is 13.3. The van der Waals surface area contributed by atoms with Crippen LogP contribution in [0.1, 0.15) is 19.4 Å². The normalized spacial score (nSPS) is 12.2. The van der Waals surface area contributed by atoms with Crippen LogP contribution in [0.25, 0.3) is 10.8 Å². The van der Waals surface area contributed by atoms with Gasteiger partial charge in [-0.25, -0.2) is 0 Å². The molecule has 0 saturated carbocycles. The van der Waals surface area contributed by atoms with Gasteiger partial charge in [-0.1, -0.05) is 50.2 Å². The highest BCUT2D eigenvalue weighted by atomic mass is 32.2. The van der Waals surface area contributed by atoms with Gasteiger partial charge in [0, 0.05) is 5.39 Å². The molecule has 2 rings (SSSR count). The molecule has 0 saturated heterocycles. The maximum absolute atomic E-state index is 11.6. The standard InChI is InChI=1S/C14H16O3S/c1-10(2)9-12-8-7-11-5-3-4-6-13(11)14(12)18(15,16)17/h3-8,10H,9H2,1-2H3,(H,15,16,17). The van der Waals surface area contributed by atoms with Gasteiger partial charge in [-0.05, 0) is 23.3 Å². The minimum atomic E-state index is -4.21. The first-order chi connectivity index (χ1) is 8.39. The zero-order valence-corrected chi connectivity index (χ0v) is 11.2. The quantitative estimate of drug-likeness (QED) is 0.865. The summed E-state index contributed by atoms with van der Waals surface area (Å²) in [6.45, 7) is 4.03. The first-order valence-electron chi connectivity index (χ1n) is 5.87. The third kappa shape index (κ3) is 2.54. The maximum atomic E-state index is 11.6. The first kappa shape index (κ1) is 13.1. The Morgan fingerprint density at radius 3 is 2.39 bits per heavy atom. The molecule has 0 spiro atoms. The Bertz CT molecular complexity index is 672. The van der Waals surface area contributed by atoms with E-state index in [1.165, 1.54) is 0 Å². The van der Waals surface area contributed by atoms with Crippen LogP contribution in [0.2, 0.25) is 0 Å². The van der Waals surface area contributed by atoms with Gasteiger partial charge in [-0.3, -0.25) is 4.55 Å². The summed E-state index contributed by atoms with van der Waals surface area (Å²) in [6.07, 6.45) is 0.625. The molecule has 2 aromatic rings. The average Bonchev–Trinajstić information content (AvgIpc) is 2.26. The Labute approximate surface area is 107 Å². The van der Waals surface area contributed by atoms with Crippen LogP contribution in [0.4, 0.5) is 0 Å². The second-order valence-corrected chi connectivity index (χ2v) is 6.21. The fourth-order valence-corrected chi connectivity index (χ4v) is 3.14. The number of hydrogen-bond acceptors (Lipinski definition) is 2. The summed E-state index contributed by atoms with van der Waals surface area (Å²) in [4.78, 5) is 0.0503. The number of hydrogen-bond donors (Lipinski definition) is 1. The molecule has 4 heteroatoms. The van der Waals surface area contributed by atoms with Gasteiger partial charge in [0.05, 0.1) is 0 Å². The molecule has 3 nitrogen and oxygen atoms in total. The molecule has 1 N–H and O–H groups in total. The molecule has 0 aliphatic heterocycles. The summed E-state index contributed by atoms with van der Waals surface area (Å²) in [5.41, 5.74) is 0.672. The van der Waals surface area contributed by atoms with Crippen molar-refractivity contribution in [3.8, 4) is 0 Å². The highest BCUT2D eigenvalue weighted by Crippen LogP contribution is 2.28. The topological polar surface area (TPSA) is 54.4 Å². The number of benzene rings is 2. The van der Waals surface area contributed by atoms with E-state index >= 15 is 0 Å². The molecule has 96 valence electrons. The predicted octanol–water partition coefficient (Wildman–Crippen LogP) is 3.29. The van der Waals surface area contributed by atoms with Crippen molar-refractivity contribution < 1.29 is 13.0 Å². The van der Waals surface area contributed by atoms with Crippen LogP contribution in [0.5, 0.6) is 0 Å². The summed E-state index contributed by atoms with van der Waals surface area (Å²) in [5.74, 6) is 0.326. The SMILES string of the molecule is CC(C)Cc1ccc2ccccc2c1S(=O)(=O)O. The first-order valence-corrected chi connectivity index (χ1v) is 7.31. The van der Waals surface area contributed by atoms with Gasteiger partial charge in [0.25, 0.3) is 10.1 Å². The zero-order valence-electron chi connectivity index (χ0n) is 10.4. The van der Waals surface area contributed by atoms with E-state index in [0.29, 0.717) is 23.3 Å². The van der Waals surface area contributed by atoms with Crippen LogP contribution in [0.3, 0.4) is 0 Å². The summed E-state index contributed by atoms with van der Waals surface area (Å²) in [5, 5.41) is 1.40. The van der Waals surface area contributed by atoms with E-state index in [-0.39, 0.29) is 4.90 Å². The third-order valence-electron chi connectivity index (χ3n) is 2.85. The minimum Gasteiger partial charge on any atom is -0.282 e. The van der Waals surface area contributed by atoms with Crippen molar-refractivity contribution in [3.63, 3.8) is 0 Å². The Kier molecular flexibility index (Phi) is 3.41. The summed E-state index contributed by atoms with van der Waals surface area (Å²) >= 11 is 0. The summed E-state index contributed by atoms with van der Waals surface area (Å²) in [6, 6.07) is 10.9. The van der Waals surface area contributed by atoms with Crippen molar-refractivity contribution in [1.82, 2.24) is 0 Å². The minimum absolute atomic E-state index is 0.0503. The van der Waals surface area contributed by atoms with Crippen molar-refractivity contribution >= 4 is 20.9 Å². The van der Waals surface area contributed by atoms with Gasteiger partial charge in [0.2, 0.25) is 0 Å². The Balaban J connectivity index is 2.80. The fourth-order valence-electron chi connectivity index (χ4n) is 2.19. The van der Waals surface area contributed by atoms with Crippen LogP contribution >= 0.6 is 0 Å². The Morgan fingerprint density at radius 1 is 1.11 bits per heavy atom. The van der Waals surface area contributed by atoms with Gasteiger partial charge in [0.15, 0.2) is 0 Å². The predicted molar refractivity (Wildman–Crippen MR) is 72.3 cm³/mol. The van der Waals surface area contributed by atoms with Crippen molar-refractivity contribution in [2.45, 2.75) is 25.2 Å². The Morgan fingerprint density at radius 2 is 1.78 bits per heavy atom. The molecule has 0 heterocycles. The molecule has 2 aromatic carbocycles. The van der Waals surface area contributed by atoms with Gasteiger partial charge in [-0.15, -0.1) is 0 Å². The van der Waals surface area contributed by atoms with E-state index in [4.69, 9.17) is 0 Å². The van der Waals surface area contributed by atoms with Crippen LogP contribution in [-0.2, 0) is 16.5 Å². The molecule has 18 heavy (non-hydrogen) atoms. The van der Waals surface area contributed by atoms with Gasteiger partial charge < -0.3 is 0 Å². The van der Waals surface area contributed by atoms with E-state index in [1.54, 1.807) is 18.2 Å². The average molecular weight is 264 g/mol. The lowest BCUT2D eigenvalue weighted by molar-refractivity contribution is 0.482. The van der Waals surface area contributed by atoms with E-state index < -0.39 is 10.1 Å². The maximum Gasteiger partial charge on any atom is 0.295 e. The molecule has 0 amide bonds. The highest BCUT2D eigenvalue weighted by Gasteiger charge is 2.19. The molecule has 0 atom stereocenters. The molecular formula is C14H16O3S. The highest BCUT2D eigenvalue weighted by molar-refractivity contribution is 7.86. The smallest absolute Gasteiger partial charge is 0.282 e. The Hall–Kier alpha value is -1.39. The van der Waals surface area contributed by atoms with Gasteiger partial charge in [-0.2, -0.15) is 8.42 Å². The molecular weight excluding hydrogens is 248 g/mol. The van der Waals surface area contributed by atoms with E-state index in [2.05, 4.69) is 0 Å². The van der Waals surface area contributed by atoms with Crippen molar-refractivity contribution in [2.24, 2.45) is 5.92 Å². The molecule has 0 aliphatic carbocycles. The lowest BCUT2D eigenvalue weighted by Crippen LogP contribution is -2.06. The lowest BCUT2D eigenvalue weighted by Gasteiger charge is -2.12. The molecule has 0 aliphatic rings. The van der Waals surface area contributed by atoms with Crippen LogP contribution in [-0.4, -0.2) is 13.0 Å². The van der Waals surface area contributed by atoms with E-state index in [9.17, 15) is 13.0 Å². The molecule has 0 aromatic heterocycles. The van der Waals surface area contributed by atoms with Crippen LogP contribution in [0.15, 0.2) is 41.3 Å². The van der Waals surface area contributed by atoms with Crippen LogP contribution < -0.4 is 0 Å². The number of rotatable bonds is 3. The van der Waals surface area contributed by atoms with Crippen molar-refractivity contribution in [1.29, 1.82) is 0 Å². The van der Waals surface area contributed by atoms with E-state index in [0.717, 1.165) is 5.39 Å². The summed E-state index contributed by atoms with van der Waals surface area (Å²) < 4.78 is 32.7. The number of fused-ring (bicyclic) bond motifs is 1. The molecule has 0 bridgehead atoms. The third-order valence-corrected chi connectivity index (χ3v) is 3.85. The molecule has 0 fully saturated rings. The molecule has 0 radical (unpaired) electrons. The molecule has 0 unspecified atom stereocenters. The van der Waals surface area contributed by atoms with Crippen molar-refractivity contribution in [2.75, 3.05) is 0 Å². The second kappa shape index (κ2) is 4.71. The van der Waals surface area contributed by atoms with Gasteiger partial charge >= 0.3 is 0 Å². The van der Waals surface area contributed by atoms with Gasteiger partial charge in [0.1, 0.15) is 4.90 Å². The lowest BCUT2D eigenvalue weighted by atomic mass is 9.99. The largest absolute Gasteiger partial charge is 0.295 e. The summed E-state index contributed by atoms with van der Waals surface area (Å²) in [7, 11) is -4.21.